The quantitative estimate of drug-likeness (QED) is 0.721. The minimum absolute atomic E-state index is 0.0129. The van der Waals surface area contributed by atoms with Gasteiger partial charge in [-0.2, -0.15) is 0 Å². The van der Waals surface area contributed by atoms with Gasteiger partial charge in [-0.05, 0) is 50.2 Å². The second-order valence-electron chi connectivity index (χ2n) is 9.07. The average molecular weight is 485 g/mol. The molecule has 0 spiro atoms. The highest BCUT2D eigenvalue weighted by Crippen LogP contribution is 2.34. The Morgan fingerprint density at radius 3 is 2.45 bits per heavy atom. The topological polar surface area (TPSA) is 82.1 Å². The summed E-state index contributed by atoms with van der Waals surface area (Å²) in [6.07, 6.45) is 0. The van der Waals surface area contributed by atoms with Gasteiger partial charge in [0.05, 0.1) is 17.5 Å². The van der Waals surface area contributed by atoms with Crippen molar-refractivity contribution in [2.75, 3.05) is 41.4 Å². The highest BCUT2D eigenvalue weighted by atomic mass is 32.2. The van der Waals surface area contributed by atoms with Crippen LogP contribution in [0.5, 0.6) is 0 Å². The Morgan fingerprint density at radius 1 is 1.06 bits per heavy atom. The number of hydrogen-bond donors (Lipinski definition) is 1. The van der Waals surface area contributed by atoms with Crippen LogP contribution >= 0.6 is 11.8 Å². The van der Waals surface area contributed by atoms with E-state index in [1.807, 2.05) is 29.2 Å². The lowest BCUT2D eigenvalue weighted by Crippen LogP contribution is -2.53. The number of anilines is 2. The molecule has 1 amide bonds. The lowest BCUT2D eigenvalue weighted by Gasteiger charge is -2.41. The summed E-state index contributed by atoms with van der Waals surface area (Å²) < 4.78 is 23.4. The number of fused-ring (bicyclic) bond motifs is 1. The van der Waals surface area contributed by atoms with Gasteiger partial charge in [0.25, 0.3) is 5.91 Å². The Bertz CT molecular complexity index is 1180. The Hall–Kier alpha value is -2.52. The molecule has 174 valence electrons. The molecule has 2 saturated heterocycles. The molecule has 3 atom stereocenters. The summed E-state index contributed by atoms with van der Waals surface area (Å²) in [6.45, 7) is 6.43. The fourth-order valence-electron chi connectivity index (χ4n) is 4.68. The largest absolute Gasteiger partial charge is 0.365 e. The maximum Gasteiger partial charge on any atom is 0.253 e. The smallest absolute Gasteiger partial charge is 0.253 e. The van der Waals surface area contributed by atoms with Gasteiger partial charge in [0.2, 0.25) is 0 Å². The Labute approximate surface area is 199 Å². The normalized spacial score (nSPS) is 26.1. The molecule has 2 fully saturated rings. The summed E-state index contributed by atoms with van der Waals surface area (Å²) >= 11 is 1.49. The molecule has 0 aliphatic carbocycles. The molecule has 1 N–H and O–H groups in total. The number of hydrogen-bond acceptors (Lipinski definition) is 7. The maximum atomic E-state index is 13.1. The van der Waals surface area contributed by atoms with Gasteiger partial charge in [-0.25, -0.2) is 8.42 Å². The number of amidine groups is 1. The van der Waals surface area contributed by atoms with Gasteiger partial charge in [0.1, 0.15) is 0 Å². The molecule has 0 bridgehead atoms. The summed E-state index contributed by atoms with van der Waals surface area (Å²) in [5, 5.41) is 4.03. The van der Waals surface area contributed by atoms with Gasteiger partial charge in [-0.15, -0.1) is 0 Å². The van der Waals surface area contributed by atoms with Crippen molar-refractivity contribution in [1.82, 2.24) is 4.90 Å². The van der Waals surface area contributed by atoms with E-state index >= 15 is 0 Å². The van der Waals surface area contributed by atoms with E-state index in [2.05, 4.69) is 53.3 Å². The first kappa shape index (κ1) is 22.3. The highest BCUT2D eigenvalue weighted by molar-refractivity contribution is 8.15. The van der Waals surface area contributed by atoms with Crippen molar-refractivity contribution >= 4 is 44.0 Å². The van der Waals surface area contributed by atoms with Crippen LogP contribution in [-0.2, 0) is 9.84 Å². The lowest BCUT2D eigenvalue weighted by atomic mass is 10.1. The average Bonchev–Trinajstić information content (AvgIpc) is 3.27. The molecular formula is C24H28N4O3S2. The first-order valence-electron chi connectivity index (χ1n) is 11.2. The number of amides is 1. The summed E-state index contributed by atoms with van der Waals surface area (Å²) in [5.74, 6) is 0.378. The third kappa shape index (κ3) is 4.75. The molecule has 0 aromatic heterocycles. The molecule has 0 radical (unpaired) electrons. The Kier molecular flexibility index (Phi) is 5.86. The van der Waals surface area contributed by atoms with Crippen LogP contribution in [0.25, 0.3) is 0 Å². The number of sulfone groups is 1. The minimum Gasteiger partial charge on any atom is -0.365 e. The van der Waals surface area contributed by atoms with Gasteiger partial charge >= 0.3 is 0 Å². The monoisotopic (exact) mass is 484 g/mol. The number of nitrogens with one attached hydrogen (secondary N) is 1. The fraction of sp³-hybridized carbons (Fsp3) is 0.417. The van der Waals surface area contributed by atoms with Crippen molar-refractivity contribution in [3.63, 3.8) is 0 Å². The minimum atomic E-state index is -2.95. The van der Waals surface area contributed by atoms with E-state index in [9.17, 15) is 13.2 Å². The third-order valence-electron chi connectivity index (χ3n) is 6.48. The number of carbonyl (C=O) groups excluding carboxylic acids is 1. The van der Waals surface area contributed by atoms with E-state index in [1.165, 1.54) is 23.0 Å². The SMILES string of the molecule is Cc1ccc(N2CCN(C(=O)c3ccc(NC4=N[C@@H]5CS(=O)(=O)C[C@H]5S4)cc3)C[C@@H]2C)cc1. The van der Waals surface area contributed by atoms with Crippen molar-refractivity contribution < 1.29 is 13.2 Å². The van der Waals surface area contributed by atoms with Gasteiger partial charge < -0.3 is 15.1 Å². The molecule has 0 unspecified atom stereocenters. The van der Waals surface area contributed by atoms with Crippen LogP contribution in [0.2, 0.25) is 0 Å². The van der Waals surface area contributed by atoms with Crippen LogP contribution in [0.1, 0.15) is 22.8 Å². The van der Waals surface area contributed by atoms with Crippen molar-refractivity contribution in [1.29, 1.82) is 0 Å². The van der Waals surface area contributed by atoms with Crippen LogP contribution in [-0.4, -0.2) is 72.9 Å². The molecule has 2 aromatic carbocycles. The maximum absolute atomic E-state index is 13.1. The molecule has 9 heteroatoms. The molecule has 0 saturated carbocycles. The molecular weight excluding hydrogens is 456 g/mol. The zero-order valence-corrected chi connectivity index (χ0v) is 20.4. The van der Waals surface area contributed by atoms with Crippen molar-refractivity contribution in [3.8, 4) is 0 Å². The number of carbonyl (C=O) groups is 1. The summed E-state index contributed by atoms with van der Waals surface area (Å²) in [6, 6.07) is 16.1. The standard InChI is InChI=1S/C24H28N4O3S2/c1-16-3-9-20(10-4-16)28-12-11-27(13-17(28)2)23(29)18-5-7-19(8-6-18)25-24-26-21-14-33(30,31)15-22(21)32-24/h3-10,17,21-22H,11-15H2,1-2H3,(H,25,26)/t17-,21+,22+/m0/s1. The predicted octanol–water partition coefficient (Wildman–Crippen LogP) is 3.03. The van der Waals surface area contributed by atoms with Crippen LogP contribution < -0.4 is 10.2 Å². The van der Waals surface area contributed by atoms with E-state index in [0.717, 1.165) is 17.4 Å². The number of benzene rings is 2. The highest BCUT2D eigenvalue weighted by Gasteiger charge is 2.42. The molecule has 7 nitrogen and oxygen atoms in total. The first-order chi connectivity index (χ1) is 15.8. The van der Waals surface area contributed by atoms with E-state index < -0.39 is 9.84 Å². The van der Waals surface area contributed by atoms with Gasteiger partial charge in [-0.3, -0.25) is 9.79 Å². The number of aryl methyl sites for hydroxylation is 1. The zero-order chi connectivity index (χ0) is 23.2. The van der Waals surface area contributed by atoms with E-state index in [-0.39, 0.29) is 34.7 Å². The van der Waals surface area contributed by atoms with Crippen LogP contribution in [0.4, 0.5) is 11.4 Å². The molecule has 5 rings (SSSR count). The number of piperazine rings is 1. The van der Waals surface area contributed by atoms with Gasteiger partial charge in [0.15, 0.2) is 15.0 Å². The second-order valence-corrected chi connectivity index (χ2v) is 12.4. The summed E-state index contributed by atoms with van der Waals surface area (Å²) in [7, 11) is -2.95. The van der Waals surface area contributed by atoms with Crippen molar-refractivity contribution in [2.45, 2.75) is 31.2 Å². The van der Waals surface area contributed by atoms with Crippen molar-refractivity contribution in [3.05, 3.63) is 59.7 Å². The number of nitrogens with zero attached hydrogens (tertiary/aromatic N) is 3. The van der Waals surface area contributed by atoms with Crippen LogP contribution in [0, 0.1) is 6.92 Å². The Morgan fingerprint density at radius 2 is 1.79 bits per heavy atom. The van der Waals surface area contributed by atoms with Crippen molar-refractivity contribution in [2.24, 2.45) is 4.99 Å². The molecule has 3 aliphatic heterocycles. The fourth-order valence-corrected chi connectivity index (χ4v) is 8.36. The Balaban J connectivity index is 1.19. The first-order valence-corrected chi connectivity index (χ1v) is 13.9. The summed E-state index contributed by atoms with van der Waals surface area (Å²) in [4.78, 5) is 21.9. The predicted molar refractivity (Wildman–Crippen MR) is 135 cm³/mol. The third-order valence-corrected chi connectivity index (χ3v) is 9.62. The molecule has 3 heterocycles. The van der Waals surface area contributed by atoms with Gasteiger partial charge in [0, 0.05) is 47.9 Å². The van der Waals surface area contributed by atoms with Crippen LogP contribution in [0.15, 0.2) is 53.5 Å². The summed E-state index contributed by atoms with van der Waals surface area (Å²) in [5.41, 5.74) is 3.95. The van der Waals surface area contributed by atoms with Crippen LogP contribution in [0.3, 0.4) is 0 Å². The van der Waals surface area contributed by atoms with E-state index in [0.29, 0.717) is 18.7 Å². The molecule has 33 heavy (non-hydrogen) atoms. The lowest BCUT2D eigenvalue weighted by molar-refractivity contribution is 0.0726. The van der Waals surface area contributed by atoms with Gasteiger partial charge in [-0.1, -0.05) is 29.5 Å². The number of thioether (sulfide) groups is 1. The molecule has 3 aliphatic rings. The number of aliphatic imine (C=N–C) groups is 1. The second kappa shape index (κ2) is 8.68. The van der Waals surface area contributed by atoms with E-state index in [4.69, 9.17) is 0 Å². The number of rotatable bonds is 3. The van der Waals surface area contributed by atoms with E-state index in [1.54, 1.807) is 0 Å². The zero-order valence-electron chi connectivity index (χ0n) is 18.8. The molecule has 2 aromatic rings.